The van der Waals surface area contributed by atoms with Crippen LogP contribution in [0.5, 0.6) is 0 Å². The SMILES string of the molecule is Cn1ncc(Cl)c1C(N)COC(C)(C)C. The van der Waals surface area contributed by atoms with Gasteiger partial charge in [0.1, 0.15) is 0 Å². The minimum atomic E-state index is -0.246. The molecule has 1 atom stereocenters. The van der Waals surface area contributed by atoms with E-state index in [0.29, 0.717) is 11.6 Å². The Morgan fingerprint density at radius 3 is 2.60 bits per heavy atom. The molecule has 5 heteroatoms. The minimum Gasteiger partial charge on any atom is -0.374 e. The number of hydrogen-bond donors (Lipinski definition) is 1. The molecule has 0 radical (unpaired) electrons. The second kappa shape index (κ2) is 4.51. The Balaban J connectivity index is 2.65. The van der Waals surface area contributed by atoms with Gasteiger partial charge in [0.05, 0.1) is 35.2 Å². The van der Waals surface area contributed by atoms with Gasteiger partial charge in [-0.2, -0.15) is 5.10 Å². The summed E-state index contributed by atoms with van der Waals surface area (Å²) in [5, 5.41) is 4.62. The van der Waals surface area contributed by atoms with Gasteiger partial charge in [-0.1, -0.05) is 11.6 Å². The van der Waals surface area contributed by atoms with Gasteiger partial charge in [0, 0.05) is 7.05 Å². The summed E-state index contributed by atoms with van der Waals surface area (Å²) in [5.41, 5.74) is 6.59. The summed E-state index contributed by atoms with van der Waals surface area (Å²) in [6.45, 7) is 6.41. The Hall–Kier alpha value is -0.580. The van der Waals surface area contributed by atoms with E-state index in [9.17, 15) is 0 Å². The molecule has 0 spiro atoms. The second-order valence-corrected chi connectivity index (χ2v) is 4.94. The molecule has 86 valence electrons. The van der Waals surface area contributed by atoms with Gasteiger partial charge in [-0.3, -0.25) is 4.68 Å². The van der Waals surface area contributed by atoms with Crippen molar-refractivity contribution < 1.29 is 4.74 Å². The highest BCUT2D eigenvalue weighted by molar-refractivity contribution is 6.31. The van der Waals surface area contributed by atoms with Gasteiger partial charge in [0.15, 0.2) is 0 Å². The molecule has 0 aliphatic rings. The normalized spacial score (nSPS) is 14.3. The third kappa shape index (κ3) is 3.48. The van der Waals surface area contributed by atoms with Crippen LogP contribution in [0, 0.1) is 0 Å². The van der Waals surface area contributed by atoms with Crippen molar-refractivity contribution in [2.45, 2.75) is 32.4 Å². The number of nitrogens with two attached hydrogens (primary N) is 1. The lowest BCUT2D eigenvalue weighted by molar-refractivity contribution is -0.0110. The van der Waals surface area contributed by atoms with Crippen LogP contribution in [0.2, 0.25) is 5.02 Å². The Kier molecular flexibility index (Phi) is 3.76. The molecule has 0 bridgehead atoms. The van der Waals surface area contributed by atoms with Gasteiger partial charge in [-0.25, -0.2) is 0 Å². The van der Waals surface area contributed by atoms with Crippen molar-refractivity contribution in [1.82, 2.24) is 9.78 Å². The number of aryl methyl sites for hydroxylation is 1. The quantitative estimate of drug-likeness (QED) is 0.865. The smallest absolute Gasteiger partial charge is 0.0834 e. The molecule has 0 aromatic carbocycles. The molecule has 4 nitrogen and oxygen atoms in total. The van der Waals surface area contributed by atoms with Crippen molar-refractivity contribution in [1.29, 1.82) is 0 Å². The number of aromatic nitrogens is 2. The summed E-state index contributed by atoms with van der Waals surface area (Å²) >= 11 is 5.97. The monoisotopic (exact) mass is 231 g/mol. The van der Waals surface area contributed by atoms with Crippen molar-refractivity contribution in [3.05, 3.63) is 16.9 Å². The average Bonchev–Trinajstić information content (AvgIpc) is 2.41. The lowest BCUT2D eigenvalue weighted by atomic mass is 10.2. The van der Waals surface area contributed by atoms with Crippen LogP contribution in [-0.2, 0) is 11.8 Å². The van der Waals surface area contributed by atoms with Crippen LogP contribution in [0.3, 0.4) is 0 Å². The molecule has 1 rings (SSSR count). The van der Waals surface area contributed by atoms with Gasteiger partial charge >= 0.3 is 0 Å². The second-order valence-electron chi connectivity index (χ2n) is 4.53. The van der Waals surface area contributed by atoms with E-state index in [2.05, 4.69) is 5.10 Å². The zero-order valence-electron chi connectivity index (χ0n) is 9.62. The van der Waals surface area contributed by atoms with E-state index in [4.69, 9.17) is 22.1 Å². The fourth-order valence-corrected chi connectivity index (χ4v) is 1.56. The van der Waals surface area contributed by atoms with E-state index in [0.717, 1.165) is 5.69 Å². The van der Waals surface area contributed by atoms with Crippen LogP contribution in [0.15, 0.2) is 6.20 Å². The van der Waals surface area contributed by atoms with Crippen LogP contribution < -0.4 is 5.73 Å². The van der Waals surface area contributed by atoms with E-state index in [-0.39, 0.29) is 11.6 Å². The highest BCUT2D eigenvalue weighted by Gasteiger charge is 2.18. The van der Waals surface area contributed by atoms with Gasteiger partial charge < -0.3 is 10.5 Å². The molecule has 1 heterocycles. The first-order valence-corrected chi connectivity index (χ1v) is 5.26. The summed E-state index contributed by atoms with van der Waals surface area (Å²) in [7, 11) is 1.82. The van der Waals surface area contributed by atoms with E-state index in [1.165, 1.54) is 0 Å². The molecule has 0 fully saturated rings. The maximum Gasteiger partial charge on any atom is 0.0834 e. The third-order valence-corrected chi connectivity index (χ3v) is 2.28. The molecule has 15 heavy (non-hydrogen) atoms. The Bertz CT molecular complexity index is 310. The maximum absolute atomic E-state index is 5.98. The first-order chi connectivity index (χ1) is 6.81. The topological polar surface area (TPSA) is 53.1 Å². The van der Waals surface area contributed by atoms with Crippen molar-refractivity contribution >= 4 is 11.6 Å². The van der Waals surface area contributed by atoms with Crippen molar-refractivity contribution in [3.8, 4) is 0 Å². The maximum atomic E-state index is 5.98. The summed E-state index contributed by atoms with van der Waals surface area (Å²) in [6.07, 6.45) is 1.59. The van der Waals surface area contributed by atoms with Crippen molar-refractivity contribution in [2.24, 2.45) is 12.8 Å². The van der Waals surface area contributed by atoms with Crippen molar-refractivity contribution in [2.75, 3.05) is 6.61 Å². The number of rotatable bonds is 3. The summed E-state index contributed by atoms with van der Waals surface area (Å²) in [6, 6.07) is -0.246. The van der Waals surface area contributed by atoms with E-state index >= 15 is 0 Å². The Morgan fingerprint density at radius 2 is 2.20 bits per heavy atom. The Labute approximate surface area is 95.3 Å². The van der Waals surface area contributed by atoms with Crippen LogP contribution in [0.4, 0.5) is 0 Å². The number of ether oxygens (including phenoxy) is 1. The zero-order valence-corrected chi connectivity index (χ0v) is 10.4. The number of nitrogens with zero attached hydrogens (tertiary/aromatic N) is 2. The number of halogens is 1. The molecule has 1 aromatic rings. The molecular formula is C10H18ClN3O. The third-order valence-electron chi connectivity index (χ3n) is 1.98. The molecular weight excluding hydrogens is 214 g/mol. The Morgan fingerprint density at radius 1 is 1.60 bits per heavy atom. The average molecular weight is 232 g/mol. The van der Waals surface area contributed by atoms with Gasteiger partial charge in [0.2, 0.25) is 0 Å². The standard InChI is InChI=1S/C10H18ClN3O/c1-10(2,3)15-6-8(12)9-7(11)5-13-14(9)4/h5,8H,6,12H2,1-4H3. The van der Waals surface area contributed by atoms with Gasteiger partial charge in [-0.15, -0.1) is 0 Å². The molecule has 1 unspecified atom stereocenters. The lowest BCUT2D eigenvalue weighted by Gasteiger charge is -2.22. The van der Waals surface area contributed by atoms with Crippen LogP contribution in [-0.4, -0.2) is 22.0 Å². The zero-order chi connectivity index (χ0) is 11.6. The van der Waals surface area contributed by atoms with Crippen molar-refractivity contribution in [3.63, 3.8) is 0 Å². The predicted molar refractivity (Wildman–Crippen MR) is 60.9 cm³/mol. The first-order valence-electron chi connectivity index (χ1n) is 4.88. The molecule has 1 aromatic heterocycles. The number of hydrogen-bond acceptors (Lipinski definition) is 3. The summed E-state index contributed by atoms with van der Waals surface area (Å²) < 4.78 is 7.28. The minimum absolute atomic E-state index is 0.192. The van der Waals surface area contributed by atoms with E-state index in [1.807, 2.05) is 27.8 Å². The van der Waals surface area contributed by atoms with Gasteiger partial charge in [-0.05, 0) is 20.8 Å². The fraction of sp³-hybridized carbons (Fsp3) is 0.700. The van der Waals surface area contributed by atoms with E-state index < -0.39 is 0 Å². The van der Waals surface area contributed by atoms with Crippen LogP contribution in [0.25, 0.3) is 0 Å². The van der Waals surface area contributed by atoms with Crippen LogP contribution >= 0.6 is 11.6 Å². The first kappa shape index (κ1) is 12.5. The summed E-state index contributed by atoms with van der Waals surface area (Å²) in [4.78, 5) is 0. The summed E-state index contributed by atoms with van der Waals surface area (Å²) in [5.74, 6) is 0. The fourth-order valence-electron chi connectivity index (χ4n) is 1.26. The highest BCUT2D eigenvalue weighted by Crippen LogP contribution is 2.21. The molecule has 0 aliphatic carbocycles. The molecule has 2 N–H and O–H groups in total. The van der Waals surface area contributed by atoms with E-state index in [1.54, 1.807) is 10.9 Å². The largest absolute Gasteiger partial charge is 0.374 e. The van der Waals surface area contributed by atoms with Gasteiger partial charge in [0.25, 0.3) is 0 Å². The van der Waals surface area contributed by atoms with Crippen LogP contribution in [0.1, 0.15) is 32.5 Å². The molecule has 0 saturated carbocycles. The predicted octanol–water partition coefficient (Wildman–Crippen LogP) is 1.89. The molecule has 0 amide bonds. The highest BCUT2D eigenvalue weighted by atomic mass is 35.5. The molecule has 0 aliphatic heterocycles. The molecule has 0 saturated heterocycles. The lowest BCUT2D eigenvalue weighted by Crippen LogP contribution is -2.27.